The van der Waals surface area contributed by atoms with Crippen LogP contribution in [0.1, 0.15) is 5.56 Å². The quantitative estimate of drug-likeness (QED) is 0.566. The van der Waals surface area contributed by atoms with Crippen molar-refractivity contribution in [2.75, 3.05) is 31.1 Å². The van der Waals surface area contributed by atoms with Gasteiger partial charge in [-0.15, -0.1) is 0 Å². The Morgan fingerprint density at radius 3 is 2.04 bits per heavy atom. The van der Waals surface area contributed by atoms with Gasteiger partial charge in [-0.2, -0.15) is 17.5 Å². The molecule has 0 radical (unpaired) electrons. The summed E-state index contributed by atoms with van der Waals surface area (Å²) in [5, 5.41) is 11.2. The minimum atomic E-state index is -4.54. The number of benzene rings is 2. The van der Waals surface area contributed by atoms with Crippen molar-refractivity contribution in [1.29, 1.82) is 0 Å². The Morgan fingerprint density at radius 2 is 1.50 bits per heavy atom. The maximum atomic E-state index is 12.7. The fourth-order valence-electron chi connectivity index (χ4n) is 3.02. The zero-order valence-electron chi connectivity index (χ0n) is 14.5. The summed E-state index contributed by atoms with van der Waals surface area (Å²) in [5.74, 6) is 0. The van der Waals surface area contributed by atoms with Crippen molar-refractivity contribution in [3.8, 4) is 0 Å². The average molecular weight is 415 g/mol. The molecule has 0 aliphatic carbocycles. The number of alkyl halides is 3. The number of rotatable bonds is 4. The lowest BCUT2D eigenvalue weighted by atomic mass is 10.2. The van der Waals surface area contributed by atoms with Crippen LogP contribution in [0.2, 0.25) is 0 Å². The molecule has 0 atom stereocenters. The van der Waals surface area contributed by atoms with E-state index >= 15 is 0 Å². The number of hydrogen-bond donors (Lipinski definition) is 0. The molecule has 7 nitrogen and oxygen atoms in total. The van der Waals surface area contributed by atoms with E-state index in [2.05, 4.69) is 0 Å². The van der Waals surface area contributed by atoms with E-state index in [0.717, 1.165) is 24.3 Å². The van der Waals surface area contributed by atoms with E-state index in [4.69, 9.17) is 0 Å². The van der Waals surface area contributed by atoms with Crippen LogP contribution in [0.15, 0.2) is 53.4 Å². The molecule has 1 aliphatic rings. The van der Waals surface area contributed by atoms with Gasteiger partial charge in [-0.3, -0.25) is 10.1 Å². The Kier molecular flexibility index (Phi) is 5.31. The van der Waals surface area contributed by atoms with E-state index in [9.17, 15) is 31.7 Å². The molecule has 0 bridgehead atoms. The molecule has 0 spiro atoms. The Morgan fingerprint density at radius 1 is 0.929 bits per heavy atom. The average Bonchev–Trinajstić information content (AvgIpc) is 2.67. The molecule has 28 heavy (non-hydrogen) atoms. The van der Waals surface area contributed by atoms with Crippen molar-refractivity contribution < 1.29 is 26.5 Å². The highest BCUT2D eigenvalue weighted by Crippen LogP contribution is 2.31. The first-order valence-corrected chi connectivity index (χ1v) is 9.70. The summed E-state index contributed by atoms with van der Waals surface area (Å²) in [4.78, 5) is 12.2. The topological polar surface area (TPSA) is 83.8 Å². The first-order chi connectivity index (χ1) is 13.1. The molecule has 11 heteroatoms. The molecule has 0 N–H and O–H groups in total. The van der Waals surface area contributed by atoms with Gasteiger partial charge in [0, 0.05) is 32.2 Å². The lowest BCUT2D eigenvalue weighted by Gasteiger charge is -2.35. The second kappa shape index (κ2) is 7.40. The smallest absolute Gasteiger partial charge is 0.363 e. The van der Waals surface area contributed by atoms with Crippen LogP contribution in [0.4, 0.5) is 24.5 Å². The highest BCUT2D eigenvalue weighted by atomic mass is 32.2. The Labute approximate surface area is 159 Å². The van der Waals surface area contributed by atoms with E-state index in [1.807, 2.05) is 0 Å². The van der Waals surface area contributed by atoms with Crippen molar-refractivity contribution in [3.63, 3.8) is 0 Å². The largest absolute Gasteiger partial charge is 0.416 e. The third kappa shape index (κ3) is 3.94. The predicted octanol–water partition coefficient (Wildman–Crippen LogP) is 3.12. The zero-order chi connectivity index (χ0) is 20.5. The maximum Gasteiger partial charge on any atom is 0.416 e. The SMILES string of the molecule is O=[N+]([O-])c1ccccc1N1CCN(S(=O)(=O)c2ccc(C(F)(F)F)cc2)CC1. The molecule has 0 unspecified atom stereocenters. The number of nitrogens with zero attached hydrogens (tertiary/aromatic N) is 3. The summed E-state index contributed by atoms with van der Waals surface area (Å²) in [6, 6.07) is 9.52. The second-order valence-electron chi connectivity index (χ2n) is 6.16. The van der Waals surface area contributed by atoms with Gasteiger partial charge in [-0.05, 0) is 30.3 Å². The number of nitro benzene ring substituents is 1. The van der Waals surface area contributed by atoms with Crippen molar-refractivity contribution in [1.82, 2.24) is 4.31 Å². The fourth-order valence-corrected chi connectivity index (χ4v) is 4.44. The van der Waals surface area contributed by atoms with Crippen molar-refractivity contribution in [2.24, 2.45) is 0 Å². The van der Waals surface area contributed by atoms with Crippen molar-refractivity contribution >= 4 is 21.4 Å². The summed E-state index contributed by atoms with van der Waals surface area (Å²) in [5.41, 5.74) is -0.590. The molecule has 0 amide bonds. The second-order valence-corrected chi connectivity index (χ2v) is 8.10. The molecular formula is C17H16F3N3O4S. The van der Waals surface area contributed by atoms with Crippen molar-refractivity contribution in [2.45, 2.75) is 11.1 Å². The highest BCUT2D eigenvalue weighted by molar-refractivity contribution is 7.89. The Hall–Kier alpha value is -2.66. The molecule has 1 aliphatic heterocycles. The molecule has 1 heterocycles. The van der Waals surface area contributed by atoms with Gasteiger partial charge in [0.05, 0.1) is 15.4 Å². The van der Waals surface area contributed by atoms with Gasteiger partial charge in [-0.25, -0.2) is 8.42 Å². The maximum absolute atomic E-state index is 12.7. The number of para-hydroxylation sites is 2. The van der Waals surface area contributed by atoms with Gasteiger partial charge in [0.2, 0.25) is 10.0 Å². The number of nitro groups is 1. The van der Waals surface area contributed by atoms with Crippen LogP contribution in [-0.4, -0.2) is 43.8 Å². The summed E-state index contributed by atoms with van der Waals surface area (Å²) in [6.07, 6.45) is -4.54. The number of sulfonamides is 1. The van der Waals surface area contributed by atoms with Crippen LogP contribution in [0.25, 0.3) is 0 Å². The molecule has 1 fully saturated rings. The summed E-state index contributed by atoms with van der Waals surface area (Å²) in [7, 11) is -3.95. The van der Waals surface area contributed by atoms with E-state index in [-0.39, 0.29) is 36.8 Å². The first-order valence-electron chi connectivity index (χ1n) is 8.26. The van der Waals surface area contributed by atoms with E-state index in [1.165, 1.54) is 10.4 Å². The number of anilines is 1. The van der Waals surface area contributed by atoms with E-state index < -0.39 is 26.7 Å². The molecule has 0 saturated carbocycles. The first kappa shape index (κ1) is 20.1. The number of halogens is 3. The van der Waals surface area contributed by atoms with Crippen LogP contribution in [-0.2, 0) is 16.2 Å². The third-order valence-corrected chi connectivity index (χ3v) is 6.39. The van der Waals surface area contributed by atoms with Crippen LogP contribution >= 0.6 is 0 Å². The Bertz CT molecular complexity index is 970. The Balaban J connectivity index is 1.75. The summed E-state index contributed by atoms with van der Waals surface area (Å²) in [6.45, 7) is 0.584. The minimum Gasteiger partial charge on any atom is -0.363 e. The molecule has 3 rings (SSSR count). The summed E-state index contributed by atoms with van der Waals surface area (Å²) < 4.78 is 64.5. The van der Waals surface area contributed by atoms with E-state index in [0.29, 0.717) is 5.69 Å². The molecule has 1 saturated heterocycles. The van der Waals surface area contributed by atoms with Crippen LogP contribution in [0.5, 0.6) is 0 Å². The van der Waals surface area contributed by atoms with Crippen LogP contribution in [0, 0.1) is 10.1 Å². The van der Waals surface area contributed by atoms with Crippen LogP contribution in [0.3, 0.4) is 0 Å². The van der Waals surface area contributed by atoms with Crippen molar-refractivity contribution in [3.05, 3.63) is 64.2 Å². The van der Waals surface area contributed by atoms with Gasteiger partial charge in [0.1, 0.15) is 5.69 Å². The fraction of sp³-hybridized carbons (Fsp3) is 0.294. The molecule has 0 aromatic heterocycles. The third-order valence-electron chi connectivity index (χ3n) is 4.48. The van der Waals surface area contributed by atoms with Gasteiger partial charge >= 0.3 is 6.18 Å². The normalized spacial score (nSPS) is 16.2. The molecular weight excluding hydrogens is 399 g/mol. The lowest BCUT2D eigenvalue weighted by molar-refractivity contribution is -0.384. The standard InChI is InChI=1S/C17H16F3N3O4S/c18-17(19,20)13-5-7-14(8-6-13)28(26,27)22-11-9-21(10-12-22)15-3-1-2-4-16(15)23(24)25/h1-8H,9-12H2. The van der Waals surface area contributed by atoms with Crippen LogP contribution < -0.4 is 4.90 Å². The number of piperazine rings is 1. The zero-order valence-corrected chi connectivity index (χ0v) is 15.3. The van der Waals surface area contributed by atoms with Gasteiger partial charge in [0.25, 0.3) is 5.69 Å². The highest BCUT2D eigenvalue weighted by Gasteiger charge is 2.33. The monoisotopic (exact) mass is 415 g/mol. The summed E-state index contributed by atoms with van der Waals surface area (Å²) >= 11 is 0. The van der Waals surface area contributed by atoms with Gasteiger partial charge in [0.15, 0.2) is 0 Å². The van der Waals surface area contributed by atoms with Gasteiger partial charge < -0.3 is 4.90 Å². The molecule has 2 aromatic rings. The lowest BCUT2D eigenvalue weighted by Crippen LogP contribution is -2.48. The number of hydrogen-bond acceptors (Lipinski definition) is 5. The van der Waals surface area contributed by atoms with E-state index in [1.54, 1.807) is 23.1 Å². The van der Waals surface area contributed by atoms with Gasteiger partial charge in [-0.1, -0.05) is 12.1 Å². The molecule has 150 valence electrons. The molecule has 2 aromatic carbocycles. The predicted molar refractivity (Wildman–Crippen MR) is 95.5 cm³/mol. The minimum absolute atomic E-state index is 0.0649.